The summed E-state index contributed by atoms with van der Waals surface area (Å²) in [7, 11) is 0. The molecule has 1 aromatic heterocycles. The van der Waals surface area contributed by atoms with Gasteiger partial charge in [-0.15, -0.1) is 11.3 Å². The molecule has 2 fully saturated rings. The van der Waals surface area contributed by atoms with Crippen molar-refractivity contribution in [3.8, 4) is 0 Å². The minimum Gasteiger partial charge on any atom is -0.376 e. The molecule has 0 aromatic carbocycles. The van der Waals surface area contributed by atoms with Crippen molar-refractivity contribution in [1.82, 2.24) is 4.57 Å². The summed E-state index contributed by atoms with van der Waals surface area (Å²) in [5, 5.41) is 8.18. The summed E-state index contributed by atoms with van der Waals surface area (Å²) in [5.41, 5.74) is 1.29. The Hall–Kier alpha value is -0.650. The average molecular weight is 266 g/mol. The topological polar surface area (TPSA) is 47.2 Å². The van der Waals surface area contributed by atoms with Gasteiger partial charge in [0.1, 0.15) is 0 Å². The highest BCUT2D eigenvalue weighted by Gasteiger charge is 2.37. The number of rotatable bonds is 2. The van der Waals surface area contributed by atoms with Gasteiger partial charge in [0.2, 0.25) is 0 Å². The zero-order valence-corrected chi connectivity index (χ0v) is 11.2. The molecule has 3 atom stereocenters. The number of ether oxygens (including phenoxy) is 2. The summed E-state index contributed by atoms with van der Waals surface area (Å²) >= 11 is 1.64. The van der Waals surface area contributed by atoms with Crippen LogP contribution in [0.4, 0.5) is 0 Å². The minimum absolute atomic E-state index is 0.246. The van der Waals surface area contributed by atoms with Gasteiger partial charge in [0, 0.05) is 17.9 Å². The van der Waals surface area contributed by atoms with Crippen LogP contribution in [-0.4, -0.2) is 23.4 Å². The zero-order valence-electron chi connectivity index (χ0n) is 10.4. The highest BCUT2D eigenvalue weighted by Crippen LogP contribution is 2.42. The molecule has 4 rings (SSSR count). The Morgan fingerprint density at radius 1 is 1.33 bits per heavy atom. The molecule has 2 unspecified atom stereocenters. The van der Waals surface area contributed by atoms with E-state index in [-0.39, 0.29) is 6.10 Å². The van der Waals surface area contributed by atoms with Gasteiger partial charge >= 0.3 is 0 Å². The summed E-state index contributed by atoms with van der Waals surface area (Å²) in [6.07, 6.45) is 6.57. The fourth-order valence-corrected chi connectivity index (χ4v) is 4.55. The van der Waals surface area contributed by atoms with Crippen molar-refractivity contribution in [3.63, 3.8) is 0 Å². The summed E-state index contributed by atoms with van der Waals surface area (Å²) in [6.45, 7) is 1.72. The number of hydrogen-bond acceptors (Lipinski definition) is 4. The van der Waals surface area contributed by atoms with E-state index in [9.17, 15) is 0 Å². The molecule has 3 aliphatic heterocycles. The largest absolute Gasteiger partial charge is 0.376 e. The number of hydrogen-bond donors (Lipinski definition) is 1. The lowest BCUT2D eigenvalue weighted by molar-refractivity contribution is 0.0254. The lowest BCUT2D eigenvalue weighted by atomic mass is 10.1. The summed E-state index contributed by atoms with van der Waals surface area (Å²) in [4.78, 5) is 2.06. The smallest absolute Gasteiger partial charge is 0.182 e. The van der Waals surface area contributed by atoms with Crippen molar-refractivity contribution < 1.29 is 9.47 Å². The number of fused-ring (bicyclic) bond motifs is 4. The molecule has 0 aliphatic carbocycles. The molecule has 18 heavy (non-hydrogen) atoms. The van der Waals surface area contributed by atoms with Gasteiger partial charge in [-0.25, -0.2) is 0 Å². The van der Waals surface area contributed by atoms with Gasteiger partial charge in [0.15, 0.2) is 4.80 Å². The second-order valence-electron chi connectivity index (χ2n) is 5.49. The first-order valence-electron chi connectivity index (χ1n) is 6.85. The molecular weight excluding hydrogens is 248 g/mol. The van der Waals surface area contributed by atoms with E-state index in [0.717, 1.165) is 38.8 Å². The monoisotopic (exact) mass is 266 g/mol. The van der Waals surface area contributed by atoms with Gasteiger partial charge in [-0.2, -0.15) is 0 Å². The maximum absolute atomic E-state index is 8.18. The number of aromatic nitrogens is 1. The minimum atomic E-state index is 0.246. The molecule has 0 amide bonds. The third kappa shape index (κ3) is 1.68. The lowest BCUT2D eigenvalue weighted by Gasteiger charge is -2.23. The molecule has 98 valence electrons. The van der Waals surface area contributed by atoms with E-state index in [1.165, 1.54) is 17.0 Å². The highest BCUT2D eigenvalue weighted by atomic mass is 32.1. The van der Waals surface area contributed by atoms with Crippen LogP contribution < -0.4 is 4.80 Å². The van der Waals surface area contributed by atoms with Crippen molar-refractivity contribution in [2.45, 2.75) is 57.0 Å². The Morgan fingerprint density at radius 3 is 3.11 bits per heavy atom. The highest BCUT2D eigenvalue weighted by molar-refractivity contribution is 7.09. The maximum atomic E-state index is 8.18. The Bertz CT molecular complexity index is 516. The molecule has 0 saturated carbocycles. The fourth-order valence-electron chi connectivity index (χ4n) is 3.42. The molecular formula is C13H18N2O2S. The third-order valence-corrected chi connectivity index (χ3v) is 5.31. The Labute approximate surface area is 110 Å². The van der Waals surface area contributed by atoms with E-state index in [4.69, 9.17) is 14.9 Å². The average Bonchev–Trinajstić information content (AvgIpc) is 3.03. The van der Waals surface area contributed by atoms with Crippen molar-refractivity contribution in [2.24, 2.45) is 0 Å². The molecule has 1 aromatic rings. The van der Waals surface area contributed by atoms with Crippen molar-refractivity contribution >= 4 is 11.3 Å². The van der Waals surface area contributed by atoms with Crippen molar-refractivity contribution in [3.05, 3.63) is 15.4 Å². The second-order valence-corrected chi connectivity index (χ2v) is 6.57. The van der Waals surface area contributed by atoms with Crippen LogP contribution in [0.5, 0.6) is 0 Å². The van der Waals surface area contributed by atoms with Gasteiger partial charge < -0.3 is 14.0 Å². The molecule has 0 spiro atoms. The predicted molar refractivity (Wildman–Crippen MR) is 67.7 cm³/mol. The van der Waals surface area contributed by atoms with Crippen molar-refractivity contribution in [2.75, 3.05) is 6.61 Å². The molecule has 2 saturated heterocycles. The quantitative estimate of drug-likeness (QED) is 0.890. The van der Waals surface area contributed by atoms with Crippen LogP contribution in [0.3, 0.4) is 0 Å². The molecule has 5 heteroatoms. The van der Waals surface area contributed by atoms with Crippen LogP contribution in [0, 0.1) is 5.41 Å². The van der Waals surface area contributed by atoms with E-state index >= 15 is 0 Å². The third-order valence-electron chi connectivity index (χ3n) is 4.28. The summed E-state index contributed by atoms with van der Waals surface area (Å²) in [6, 6.07) is 0. The van der Waals surface area contributed by atoms with E-state index < -0.39 is 0 Å². The van der Waals surface area contributed by atoms with E-state index in [0.29, 0.717) is 17.0 Å². The van der Waals surface area contributed by atoms with Gasteiger partial charge in [0.25, 0.3) is 0 Å². The van der Waals surface area contributed by atoms with Crippen LogP contribution in [0.1, 0.15) is 42.4 Å². The van der Waals surface area contributed by atoms with Crippen LogP contribution in [0.15, 0.2) is 0 Å². The Morgan fingerprint density at radius 2 is 2.28 bits per heavy atom. The van der Waals surface area contributed by atoms with Crippen molar-refractivity contribution in [1.29, 1.82) is 5.41 Å². The summed E-state index contributed by atoms with van der Waals surface area (Å²) in [5.74, 6) is 0. The predicted octanol–water partition coefficient (Wildman–Crippen LogP) is 1.98. The SMILES string of the molecule is N=c1sc2c(n1C[C@H]1CCCO1)C1CCC(C2)O1. The number of thiazole rings is 1. The number of nitrogens with zero attached hydrogens (tertiary/aromatic N) is 1. The Kier molecular flexibility index (Phi) is 2.60. The van der Waals surface area contributed by atoms with E-state index in [1.54, 1.807) is 11.3 Å². The van der Waals surface area contributed by atoms with Gasteiger partial charge in [-0.1, -0.05) is 0 Å². The first-order valence-corrected chi connectivity index (χ1v) is 7.67. The molecule has 3 aliphatic rings. The van der Waals surface area contributed by atoms with Gasteiger partial charge in [-0.05, 0) is 25.7 Å². The maximum Gasteiger partial charge on any atom is 0.182 e. The lowest BCUT2D eigenvalue weighted by Crippen LogP contribution is -2.27. The Balaban J connectivity index is 1.70. The molecule has 4 nitrogen and oxygen atoms in total. The van der Waals surface area contributed by atoms with Gasteiger partial charge in [0.05, 0.1) is 30.6 Å². The van der Waals surface area contributed by atoms with Crippen LogP contribution in [0.2, 0.25) is 0 Å². The molecule has 0 radical (unpaired) electrons. The van der Waals surface area contributed by atoms with Gasteiger partial charge in [-0.3, -0.25) is 5.41 Å². The van der Waals surface area contributed by atoms with Crippen LogP contribution in [-0.2, 0) is 22.4 Å². The molecule has 2 bridgehead atoms. The molecule has 4 heterocycles. The first kappa shape index (κ1) is 11.2. The van der Waals surface area contributed by atoms with Crippen LogP contribution in [0.25, 0.3) is 0 Å². The zero-order chi connectivity index (χ0) is 12.1. The number of nitrogens with one attached hydrogen (secondary N) is 1. The first-order chi connectivity index (χ1) is 8.81. The summed E-state index contributed by atoms with van der Waals surface area (Å²) < 4.78 is 13.9. The fraction of sp³-hybridized carbons (Fsp3) is 0.769. The standard InChI is InChI=1S/C13H18N2O2S/c14-13-15(7-9-2-1-5-16-9)12-10-4-3-8(17-10)6-11(12)18-13/h8-10,14H,1-7H2/t8?,9-,10?/m1/s1. The van der Waals surface area contributed by atoms with E-state index in [1.807, 2.05) is 0 Å². The normalized spacial score (nSPS) is 33.9. The van der Waals surface area contributed by atoms with E-state index in [2.05, 4.69) is 4.57 Å². The van der Waals surface area contributed by atoms with Crippen LogP contribution >= 0.6 is 11.3 Å². The second kappa shape index (κ2) is 4.18. The molecule has 1 N–H and O–H groups in total.